The first-order valence-corrected chi connectivity index (χ1v) is 13.4. The summed E-state index contributed by atoms with van der Waals surface area (Å²) in [4.78, 5) is 36.7. The van der Waals surface area contributed by atoms with Gasteiger partial charge in [-0.25, -0.2) is 9.59 Å². The Kier molecular flexibility index (Phi) is 5.79. The molecule has 2 saturated carbocycles. The number of carbonyl (C=O) groups excluding carboxylic acids is 3. The molecule has 2 heterocycles. The highest BCUT2D eigenvalue weighted by Gasteiger charge is 2.68. The number of aliphatic hydroxyl groups is 1. The first-order chi connectivity index (χ1) is 16.7. The third-order valence-electron chi connectivity index (χ3n) is 10.8. The second kappa shape index (κ2) is 8.17. The van der Waals surface area contributed by atoms with Crippen molar-refractivity contribution in [2.75, 3.05) is 6.61 Å². The van der Waals surface area contributed by atoms with E-state index in [4.69, 9.17) is 14.2 Å². The Balaban J connectivity index is 1.57. The molecule has 7 heteroatoms. The number of cyclic esters (lactones) is 2. The van der Waals surface area contributed by atoms with Gasteiger partial charge in [-0.05, 0) is 68.6 Å². The molecule has 0 radical (unpaired) electrons. The molecule has 0 amide bonds. The Bertz CT molecular complexity index is 1040. The maximum atomic E-state index is 12.5. The largest absolute Gasteiger partial charge is 0.463 e. The molecule has 1 N–H and O–H groups in total. The van der Waals surface area contributed by atoms with E-state index in [1.165, 1.54) is 12.5 Å². The Morgan fingerprint density at radius 1 is 1.11 bits per heavy atom. The number of fused-ring (bicyclic) bond motifs is 5. The summed E-state index contributed by atoms with van der Waals surface area (Å²) in [5.74, 6) is -0.698. The van der Waals surface area contributed by atoms with Crippen LogP contribution in [0.1, 0.15) is 73.6 Å². The molecule has 2 aliphatic heterocycles. The van der Waals surface area contributed by atoms with Crippen LogP contribution in [-0.4, -0.2) is 47.4 Å². The zero-order valence-corrected chi connectivity index (χ0v) is 22.3. The predicted molar refractivity (Wildman–Crippen MR) is 131 cm³/mol. The van der Waals surface area contributed by atoms with E-state index < -0.39 is 23.1 Å². The van der Waals surface area contributed by atoms with Crippen molar-refractivity contribution in [1.29, 1.82) is 0 Å². The number of allylic oxidation sites excluding steroid dienone is 2. The molecule has 36 heavy (non-hydrogen) atoms. The van der Waals surface area contributed by atoms with Crippen molar-refractivity contribution in [2.45, 2.75) is 91.5 Å². The van der Waals surface area contributed by atoms with Crippen molar-refractivity contribution < 1.29 is 33.7 Å². The van der Waals surface area contributed by atoms with Gasteiger partial charge in [-0.2, -0.15) is 0 Å². The minimum absolute atomic E-state index is 0.00909. The summed E-state index contributed by atoms with van der Waals surface area (Å²) in [6.07, 6.45) is 8.31. The van der Waals surface area contributed by atoms with Crippen molar-refractivity contribution in [3.8, 4) is 0 Å². The van der Waals surface area contributed by atoms with Crippen LogP contribution in [0.15, 0.2) is 23.8 Å². The molecule has 198 valence electrons. The molecular formula is C29H40O7. The number of hydrogen-bond acceptors (Lipinski definition) is 7. The molecule has 1 saturated heterocycles. The van der Waals surface area contributed by atoms with Crippen LogP contribution >= 0.6 is 0 Å². The smallest absolute Gasteiger partial charge is 0.334 e. The zero-order chi connectivity index (χ0) is 26.3. The highest BCUT2D eigenvalue weighted by molar-refractivity contribution is 5.83. The Morgan fingerprint density at radius 3 is 2.50 bits per heavy atom. The quantitative estimate of drug-likeness (QED) is 0.346. The summed E-state index contributed by atoms with van der Waals surface area (Å²) in [6.45, 7) is 12.6. The fourth-order valence-electron chi connectivity index (χ4n) is 9.31. The average molecular weight is 501 g/mol. The molecule has 0 aromatic carbocycles. The minimum Gasteiger partial charge on any atom is -0.463 e. The van der Waals surface area contributed by atoms with Gasteiger partial charge in [0.25, 0.3) is 0 Å². The summed E-state index contributed by atoms with van der Waals surface area (Å²) in [6, 6.07) is 0. The van der Waals surface area contributed by atoms with Crippen molar-refractivity contribution >= 4 is 17.9 Å². The van der Waals surface area contributed by atoms with Gasteiger partial charge in [0.05, 0.1) is 6.61 Å². The van der Waals surface area contributed by atoms with Crippen molar-refractivity contribution in [2.24, 2.45) is 39.9 Å². The van der Waals surface area contributed by atoms with Crippen LogP contribution in [0, 0.1) is 39.9 Å². The van der Waals surface area contributed by atoms with E-state index in [1.807, 2.05) is 13.8 Å². The molecule has 5 rings (SSSR count). The molecule has 3 aliphatic carbocycles. The number of carbonyl (C=O) groups is 3. The monoisotopic (exact) mass is 500 g/mol. The molecule has 0 bridgehead atoms. The molecule has 0 aromatic rings. The van der Waals surface area contributed by atoms with Crippen LogP contribution in [0.25, 0.3) is 0 Å². The van der Waals surface area contributed by atoms with E-state index in [-0.39, 0.29) is 52.5 Å². The van der Waals surface area contributed by atoms with E-state index in [1.54, 1.807) is 6.08 Å². The Labute approximate surface area is 213 Å². The Morgan fingerprint density at radius 2 is 1.83 bits per heavy atom. The number of rotatable bonds is 2. The summed E-state index contributed by atoms with van der Waals surface area (Å²) < 4.78 is 17.3. The molecular weight excluding hydrogens is 460 g/mol. The van der Waals surface area contributed by atoms with Gasteiger partial charge in [-0.1, -0.05) is 38.5 Å². The van der Waals surface area contributed by atoms with Gasteiger partial charge in [-0.3, -0.25) is 4.79 Å². The van der Waals surface area contributed by atoms with Crippen LogP contribution in [0.2, 0.25) is 0 Å². The summed E-state index contributed by atoms with van der Waals surface area (Å²) in [5, 5.41) is 10.2. The number of aliphatic hydroxyl groups excluding tert-OH is 1. The van der Waals surface area contributed by atoms with E-state index in [0.29, 0.717) is 19.4 Å². The summed E-state index contributed by atoms with van der Waals surface area (Å²) >= 11 is 0. The maximum Gasteiger partial charge on any atom is 0.334 e. The molecule has 7 nitrogen and oxygen atoms in total. The van der Waals surface area contributed by atoms with Crippen LogP contribution in [-0.2, 0) is 28.6 Å². The topological polar surface area (TPSA) is 99.1 Å². The van der Waals surface area contributed by atoms with Gasteiger partial charge in [-0.15, -0.1) is 0 Å². The van der Waals surface area contributed by atoms with Gasteiger partial charge >= 0.3 is 17.9 Å². The third kappa shape index (κ3) is 3.52. The third-order valence-corrected chi connectivity index (χ3v) is 10.8. The standard InChI is InChI=1S/C29H40O7/c1-16(30)35-23-14-22-26(2,3)36-24(32)10-12-28(22,5)21-9-11-27(4)18(7-8-20(27)29(21,23)6)17-13-19(31)25(33)34-15-17/h8,10,12,17-19,21-23,31H,7,9,11,13-15H2,1-6H3/t17-,18+,19-,21-,22+,23-,27+,28-,29+/m1/s1. The van der Waals surface area contributed by atoms with Crippen LogP contribution in [0.5, 0.6) is 0 Å². The van der Waals surface area contributed by atoms with Crippen LogP contribution < -0.4 is 0 Å². The highest BCUT2D eigenvalue weighted by Crippen LogP contribution is 2.71. The maximum absolute atomic E-state index is 12.5. The van der Waals surface area contributed by atoms with Crippen molar-refractivity contribution in [3.63, 3.8) is 0 Å². The van der Waals surface area contributed by atoms with E-state index in [2.05, 4.69) is 32.9 Å². The summed E-state index contributed by atoms with van der Waals surface area (Å²) in [7, 11) is 0. The van der Waals surface area contributed by atoms with Crippen LogP contribution in [0.3, 0.4) is 0 Å². The van der Waals surface area contributed by atoms with Gasteiger partial charge in [0, 0.05) is 30.3 Å². The first kappa shape index (κ1) is 25.5. The van der Waals surface area contributed by atoms with Gasteiger partial charge < -0.3 is 19.3 Å². The zero-order valence-electron chi connectivity index (χ0n) is 22.3. The second-order valence-electron chi connectivity index (χ2n) is 13.0. The lowest BCUT2D eigenvalue weighted by atomic mass is 9.40. The van der Waals surface area contributed by atoms with E-state index in [0.717, 1.165) is 19.3 Å². The SMILES string of the molecule is CC(=O)O[C@@H]1C[C@H]2C(C)(C)OC(=O)C=C[C@]2(C)[C@H]2CC[C@]3(C)C(=CC[C@H]3[C@H]3COC(=O)[C@H](O)C3)[C@@]21C. The average Bonchev–Trinajstić information content (AvgIpc) is 3.10. The number of hydrogen-bond donors (Lipinski definition) is 1. The van der Waals surface area contributed by atoms with Crippen LogP contribution in [0.4, 0.5) is 0 Å². The molecule has 9 atom stereocenters. The molecule has 0 aromatic heterocycles. The lowest BCUT2D eigenvalue weighted by molar-refractivity contribution is -0.201. The molecule has 5 aliphatic rings. The lowest BCUT2D eigenvalue weighted by Gasteiger charge is -2.65. The predicted octanol–water partition coefficient (Wildman–Crippen LogP) is 4.13. The first-order valence-electron chi connectivity index (χ1n) is 13.4. The van der Waals surface area contributed by atoms with Gasteiger partial charge in [0.15, 0.2) is 6.10 Å². The summed E-state index contributed by atoms with van der Waals surface area (Å²) in [5.41, 5.74) is -0.285. The lowest BCUT2D eigenvalue weighted by Crippen LogP contribution is -2.64. The van der Waals surface area contributed by atoms with Crippen molar-refractivity contribution in [3.05, 3.63) is 23.8 Å². The van der Waals surface area contributed by atoms with Gasteiger partial charge in [0.2, 0.25) is 0 Å². The fourth-order valence-corrected chi connectivity index (χ4v) is 9.31. The molecule has 3 fully saturated rings. The number of esters is 3. The molecule has 0 unspecified atom stereocenters. The van der Waals surface area contributed by atoms with Crippen molar-refractivity contribution in [1.82, 2.24) is 0 Å². The Hall–Kier alpha value is -2.15. The van der Waals surface area contributed by atoms with E-state index in [9.17, 15) is 19.5 Å². The number of ether oxygens (including phenoxy) is 3. The highest BCUT2D eigenvalue weighted by atomic mass is 16.6. The minimum atomic E-state index is -1.07. The van der Waals surface area contributed by atoms with Gasteiger partial charge in [0.1, 0.15) is 11.7 Å². The molecule has 0 spiro atoms. The second-order valence-corrected chi connectivity index (χ2v) is 13.0. The van der Waals surface area contributed by atoms with E-state index >= 15 is 0 Å². The normalized spacial score (nSPS) is 47.4. The fraction of sp³-hybridized carbons (Fsp3) is 0.759.